The van der Waals surface area contributed by atoms with Crippen molar-refractivity contribution < 1.29 is 4.74 Å². The Hall–Kier alpha value is -0.980. The monoisotopic (exact) mass is 302 g/mol. The molecule has 1 heteroatoms. The lowest BCUT2D eigenvalue weighted by Crippen LogP contribution is -2.14. The molecule has 0 N–H and O–H groups in total. The molecule has 22 heavy (non-hydrogen) atoms. The van der Waals surface area contributed by atoms with Crippen LogP contribution in [0, 0.1) is 12.8 Å². The highest BCUT2D eigenvalue weighted by Crippen LogP contribution is 2.41. The molecule has 1 aromatic rings. The maximum atomic E-state index is 6.00. The summed E-state index contributed by atoms with van der Waals surface area (Å²) in [4.78, 5) is 0. The fraction of sp³-hybridized carbons (Fsp3) is 0.714. The van der Waals surface area contributed by atoms with E-state index < -0.39 is 0 Å². The van der Waals surface area contributed by atoms with Crippen molar-refractivity contribution in [3.63, 3.8) is 0 Å². The third kappa shape index (κ3) is 5.04. The van der Waals surface area contributed by atoms with Gasteiger partial charge >= 0.3 is 0 Å². The zero-order valence-corrected chi connectivity index (χ0v) is 14.9. The summed E-state index contributed by atoms with van der Waals surface area (Å²) < 4.78 is 6.00. The van der Waals surface area contributed by atoms with E-state index in [1.807, 2.05) is 0 Å². The summed E-state index contributed by atoms with van der Waals surface area (Å²) >= 11 is 0. The minimum Gasteiger partial charge on any atom is -0.493 e. The lowest BCUT2D eigenvalue weighted by molar-refractivity contribution is 0.284. The first-order valence-electron chi connectivity index (χ1n) is 9.47. The molecular formula is C21H34O. The Morgan fingerprint density at radius 3 is 2.45 bits per heavy atom. The molecule has 1 saturated carbocycles. The molecule has 1 nitrogen and oxygen atoms in total. The Labute approximate surface area is 137 Å². The summed E-state index contributed by atoms with van der Waals surface area (Å²) in [5.74, 6) is 2.84. The second-order valence-electron chi connectivity index (χ2n) is 7.10. The van der Waals surface area contributed by atoms with E-state index in [1.165, 1.54) is 62.5 Å². The van der Waals surface area contributed by atoms with Gasteiger partial charge in [-0.05, 0) is 62.5 Å². The number of hydrogen-bond donors (Lipinski definition) is 0. The van der Waals surface area contributed by atoms with Gasteiger partial charge in [0.05, 0.1) is 6.61 Å². The zero-order valence-electron chi connectivity index (χ0n) is 14.9. The van der Waals surface area contributed by atoms with Crippen molar-refractivity contribution in [2.75, 3.05) is 6.61 Å². The molecule has 0 spiro atoms. The molecule has 1 aliphatic carbocycles. The Morgan fingerprint density at radius 1 is 1.00 bits per heavy atom. The largest absolute Gasteiger partial charge is 0.493 e. The third-order valence-corrected chi connectivity index (χ3v) is 5.13. The van der Waals surface area contributed by atoms with Gasteiger partial charge in [0.15, 0.2) is 0 Å². The van der Waals surface area contributed by atoms with Crippen molar-refractivity contribution in [2.24, 2.45) is 5.92 Å². The van der Waals surface area contributed by atoms with Crippen LogP contribution in [0.25, 0.3) is 0 Å². The van der Waals surface area contributed by atoms with E-state index in [4.69, 9.17) is 4.74 Å². The average Bonchev–Trinajstić information content (AvgIpc) is 2.54. The van der Waals surface area contributed by atoms with E-state index in [0.717, 1.165) is 24.7 Å². The first kappa shape index (κ1) is 17.4. The molecule has 0 aromatic heterocycles. The van der Waals surface area contributed by atoms with Crippen molar-refractivity contribution >= 4 is 0 Å². The molecule has 0 amide bonds. The molecule has 1 fully saturated rings. The Bertz CT molecular complexity index is 430. The molecule has 1 aromatic carbocycles. The molecular weight excluding hydrogens is 268 g/mol. The van der Waals surface area contributed by atoms with Gasteiger partial charge in [0, 0.05) is 0 Å². The van der Waals surface area contributed by atoms with Crippen molar-refractivity contribution in [1.82, 2.24) is 0 Å². The van der Waals surface area contributed by atoms with Crippen LogP contribution in [0.5, 0.6) is 5.75 Å². The molecule has 0 unspecified atom stereocenters. The minimum absolute atomic E-state index is 0.717. The van der Waals surface area contributed by atoms with E-state index in [0.29, 0.717) is 5.92 Å². The SMILES string of the molecule is CCCCCC1CCC(c2cc(C)ccc2OCCC)CC1. The van der Waals surface area contributed by atoms with Crippen LogP contribution in [0.3, 0.4) is 0 Å². The van der Waals surface area contributed by atoms with Crippen molar-refractivity contribution in [2.45, 2.75) is 84.5 Å². The molecule has 0 saturated heterocycles. The van der Waals surface area contributed by atoms with Gasteiger partial charge in [0.25, 0.3) is 0 Å². The van der Waals surface area contributed by atoms with Crippen LogP contribution in [-0.2, 0) is 0 Å². The maximum absolute atomic E-state index is 6.00. The van der Waals surface area contributed by atoms with Crippen LogP contribution in [0.2, 0.25) is 0 Å². The van der Waals surface area contributed by atoms with Crippen LogP contribution in [0.15, 0.2) is 18.2 Å². The van der Waals surface area contributed by atoms with Crippen molar-refractivity contribution in [3.05, 3.63) is 29.3 Å². The molecule has 0 aliphatic heterocycles. The fourth-order valence-corrected chi connectivity index (χ4v) is 3.78. The lowest BCUT2D eigenvalue weighted by Gasteiger charge is -2.30. The highest BCUT2D eigenvalue weighted by atomic mass is 16.5. The molecule has 0 bridgehead atoms. The van der Waals surface area contributed by atoms with E-state index >= 15 is 0 Å². The number of rotatable bonds is 8. The highest BCUT2D eigenvalue weighted by molar-refractivity contribution is 5.39. The summed E-state index contributed by atoms with van der Waals surface area (Å²) in [6.07, 6.45) is 12.2. The van der Waals surface area contributed by atoms with Gasteiger partial charge in [-0.15, -0.1) is 0 Å². The Kier molecular flexibility index (Phi) is 7.29. The quantitative estimate of drug-likeness (QED) is 0.489. The predicted molar refractivity (Wildman–Crippen MR) is 95.8 cm³/mol. The van der Waals surface area contributed by atoms with Gasteiger partial charge < -0.3 is 4.74 Å². The van der Waals surface area contributed by atoms with Gasteiger partial charge in [0.2, 0.25) is 0 Å². The van der Waals surface area contributed by atoms with E-state index in [1.54, 1.807) is 0 Å². The summed E-state index contributed by atoms with van der Waals surface area (Å²) in [5.41, 5.74) is 2.84. The van der Waals surface area contributed by atoms with Crippen molar-refractivity contribution in [3.8, 4) is 5.75 Å². The molecule has 0 radical (unpaired) electrons. The van der Waals surface area contributed by atoms with Gasteiger partial charge in [0.1, 0.15) is 5.75 Å². The Morgan fingerprint density at radius 2 is 1.77 bits per heavy atom. The van der Waals surface area contributed by atoms with Crippen LogP contribution >= 0.6 is 0 Å². The van der Waals surface area contributed by atoms with Gasteiger partial charge in [-0.25, -0.2) is 0 Å². The first-order valence-corrected chi connectivity index (χ1v) is 9.47. The summed E-state index contributed by atoms with van der Waals surface area (Å²) in [5, 5.41) is 0. The highest BCUT2D eigenvalue weighted by Gasteiger charge is 2.24. The fourth-order valence-electron chi connectivity index (χ4n) is 3.78. The first-order chi connectivity index (χ1) is 10.7. The van der Waals surface area contributed by atoms with Crippen molar-refractivity contribution in [1.29, 1.82) is 0 Å². The van der Waals surface area contributed by atoms with E-state index in [2.05, 4.69) is 39.0 Å². The molecule has 124 valence electrons. The summed E-state index contributed by atoms with van der Waals surface area (Å²) in [6.45, 7) is 7.51. The van der Waals surface area contributed by atoms with Gasteiger partial charge in [-0.2, -0.15) is 0 Å². The topological polar surface area (TPSA) is 9.23 Å². The number of unbranched alkanes of at least 4 members (excludes halogenated alkanes) is 2. The number of aryl methyl sites for hydroxylation is 1. The smallest absolute Gasteiger partial charge is 0.122 e. The van der Waals surface area contributed by atoms with Crippen LogP contribution in [0.4, 0.5) is 0 Å². The second kappa shape index (κ2) is 9.22. The van der Waals surface area contributed by atoms with Crippen LogP contribution in [-0.4, -0.2) is 6.61 Å². The second-order valence-corrected chi connectivity index (χ2v) is 7.10. The molecule has 0 atom stereocenters. The van der Waals surface area contributed by atoms with Gasteiger partial charge in [-0.3, -0.25) is 0 Å². The van der Waals surface area contributed by atoms with Crippen LogP contribution in [0.1, 0.15) is 88.7 Å². The van der Waals surface area contributed by atoms with Gasteiger partial charge in [-0.1, -0.05) is 57.2 Å². The molecule has 1 aliphatic rings. The van der Waals surface area contributed by atoms with E-state index in [-0.39, 0.29) is 0 Å². The molecule has 2 rings (SSSR count). The van der Waals surface area contributed by atoms with E-state index in [9.17, 15) is 0 Å². The Balaban J connectivity index is 1.93. The van der Waals surface area contributed by atoms with Crippen LogP contribution < -0.4 is 4.74 Å². The number of hydrogen-bond acceptors (Lipinski definition) is 1. The lowest BCUT2D eigenvalue weighted by atomic mass is 9.76. The number of ether oxygens (including phenoxy) is 1. The average molecular weight is 303 g/mol. The summed E-state index contributed by atoms with van der Waals surface area (Å²) in [6, 6.07) is 6.74. The maximum Gasteiger partial charge on any atom is 0.122 e. The standard InChI is InChI=1S/C21H34O/c1-4-6-7-8-18-10-12-19(13-11-18)20-16-17(3)9-14-21(20)22-15-5-2/h9,14,16,18-19H,4-8,10-13,15H2,1-3H3. The third-order valence-electron chi connectivity index (χ3n) is 5.13. The predicted octanol–water partition coefficient (Wildman–Crippen LogP) is 6.64. The zero-order chi connectivity index (χ0) is 15.8. The molecule has 0 heterocycles. The normalized spacial score (nSPS) is 21.8. The number of benzene rings is 1. The summed E-state index contributed by atoms with van der Waals surface area (Å²) in [7, 11) is 0. The minimum atomic E-state index is 0.717.